The van der Waals surface area contributed by atoms with Crippen LogP contribution in [0.4, 0.5) is 0 Å². The zero-order chi connectivity index (χ0) is 11.3. The summed E-state index contributed by atoms with van der Waals surface area (Å²) >= 11 is 5.81. The van der Waals surface area contributed by atoms with E-state index in [1.807, 2.05) is 19.1 Å². The summed E-state index contributed by atoms with van der Waals surface area (Å²) in [4.78, 5) is 11.5. The fourth-order valence-corrected chi connectivity index (χ4v) is 1.43. The molecule has 1 atom stereocenters. The minimum atomic E-state index is -0.0322. The molecule has 1 amide bonds. The van der Waals surface area contributed by atoms with Gasteiger partial charge in [0, 0.05) is 17.6 Å². The molecule has 0 radical (unpaired) electrons. The lowest BCUT2D eigenvalue weighted by Crippen LogP contribution is -2.38. The van der Waals surface area contributed by atoms with Crippen molar-refractivity contribution in [2.24, 2.45) is 5.73 Å². The van der Waals surface area contributed by atoms with Crippen molar-refractivity contribution in [1.82, 2.24) is 5.32 Å². The SMILES string of the molecule is C[C@@H](CN)NC(=O)Cc1cccc(Cl)c1. The van der Waals surface area contributed by atoms with Crippen LogP contribution in [0.15, 0.2) is 24.3 Å². The summed E-state index contributed by atoms with van der Waals surface area (Å²) in [7, 11) is 0. The van der Waals surface area contributed by atoms with E-state index in [2.05, 4.69) is 5.32 Å². The number of nitrogens with two attached hydrogens (primary N) is 1. The van der Waals surface area contributed by atoms with Gasteiger partial charge in [-0.3, -0.25) is 4.79 Å². The van der Waals surface area contributed by atoms with Gasteiger partial charge in [0.2, 0.25) is 5.91 Å². The van der Waals surface area contributed by atoms with Crippen LogP contribution in [-0.4, -0.2) is 18.5 Å². The van der Waals surface area contributed by atoms with Crippen LogP contribution in [0.2, 0.25) is 5.02 Å². The first-order chi connectivity index (χ1) is 7.11. The fourth-order valence-electron chi connectivity index (χ4n) is 1.22. The number of nitrogens with one attached hydrogen (secondary N) is 1. The van der Waals surface area contributed by atoms with Gasteiger partial charge in [0.15, 0.2) is 0 Å². The zero-order valence-electron chi connectivity index (χ0n) is 8.66. The molecule has 0 saturated carbocycles. The third-order valence-electron chi connectivity index (χ3n) is 2.01. The Labute approximate surface area is 94.6 Å². The molecule has 82 valence electrons. The van der Waals surface area contributed by atoms with E-state index in [0.29, 0.717) is 18.0 Å². The molecule has 0 aliphatic heterocycles. The van der Waals surface area contributed by atoms with Crippen LogP contribution < -0.4 is 11.1 Å². The number of rotatable bonds is 4. The number of hydrogen-bond acceptors (Lipinski definition) is 2. The van der Waals surface area contributed by atoms with Crippen LogP contribution in [0.1, 0.15) is 12.5 Å². The van der Waals surface area contributed by atoms with E-state index in [0.717, 1.165) is 5.56 Å². The largest absolute Gasteiger partial charge is 0.352 e. The molecule has 0 heterocycles. The van der Waals surface area contributed by atoms with E-state index in [4.69, 9.17) is 17.3 Å². The maximum absolute atomic E-state index is 11.5. The lowest BCUT2D eigenvalue weighted by atomic mass is 10.1. The van der Waals surface area contributed by atoms with Gasteiger partial charge in [-0.1, -0.05) is 23.7 Å². The van der Waals surface area contributed by atoms with Gasteiger partial charge >= 0.3 is 0 Å². The minimum absolute atomic E-state index is 0.0108. The van der Waals surface area contributed by atoms with Crippen molar-refractivity contribution in [3.05, 3.63) is 34.9 Å². The van der Waals surface area contributed by atoms with Crippen molar-refractivity contribution in [2.75, 3.05) is 6.54 Å². The third kappa shape index (κ3) is 4.32. The van der Waals surface area contributed by atoms with Crippen LogP contribution in [0.3, 0.4) is 0 Å². The first kappa shape index (κ1) is 12.0. The Hall–Kier alpha value is -1.06. The second kappa shape index (κ2) is 5.73. The highest BCUT2D eigenvalue weighted by Gasteiger charge is 2.06. The summed E-state index contributed by atoms with van der Waals surface area (Å²) in [6.45, 7) is 2.32. The molecule has 0 aliphatic carbocycles. The van der Waals surface area contributed by atoms with Crippen molar-refractivity contribution in [2.45, 2.75) is 19.4 Å². The smallest absolute Gasteiger partial charge is 0.224 e. The Kier molecular flexibility index (Phi) is 4.59. The summed E-state index contributed by atoms with van der Waals surface area (Å²) in [6.07, 6.45) is 0.338. The Morgan fingerprint density at radius 1 is 1.60 bits per heavy atom. The zero-order valence-corrected chi connectivity index (χ0v) is 9.42. The van der Waals surface area contributed by atoms with Crippen molar-refractivity contribution in [3.8, 4) is 0 Å². The fraction of sp³-hybridized carbons (Fsp3) is 0.364. The predicted molar refractivity (Wildman–Crippen MR) is 61.8 cm³/mol. The normalized spacial score (nSPS) is 12.2. The van der Waals surface area contributed by atoms with E-state index < -0.39 is 0 Å². The highest BCUT2D eigenvalue weighted by atomic mass is 35.5. The Bertz CT molecular complexity index is 341. The number of hydrogen-bond donors (Lipinski definition) is 2. The summed E-state index contributed by atoms with van der Waals surface area (Å²) in [6, 6.07) is 7.28. The second-order valence-electron chi connectivity index (χ2n) is 3.51. The maximum atomic E-state index is 11.5. The van der Waals surface area contributed by atoms with E-state index >= 15 is 0 Å². The van der Waals surface area contributed by atoms with Crippen LogP contribution in [0.25, 0.3) is 0 Å². The quantitative estimate of drug-likeness (QED) is 0.814. The van der Waals surface area contributed by atoms with Gasteiger partial charge in [0.1, 0.15) is 0 Å². The van der Waals surface area contributed by atoms with Gasteiger partial charge in [-0.15, -0.1) is 0 Å². The summed E-state index contributed by atoms with van der Waals surface area (Å²) < 4.78 is 0. The monoisotopic (exact) mass is 226 g/mol. The average Bonchev–Trinajstić information content (AvgIpc) is 2.17. The molecule has 0 bridgehead atoms. The highest BCUT2D eigenvalue weighted by molar-refractivity contribution is 6.30. The van der Waals surface area contributed by atoms with Crippen LogP contribution >= 0.6 is 11.6 Å². The molecule has 1 aromatic carbocycles. The molecule has 0 saturated heterocycles. The predicted octanol–water partition coefficient (Wildman–Crippen LogP) is 1.35. The standard InChI is InChI=1S/C11H15ClN2O/c1-8(7-13)14-11(15)6-9-3-2-4-10(12)5-9/h2-5,8H,6-7,13H2,1H3,(H,14,15)/t8-/m0/s1. The van der Waals surface area contributed by atoms with Crippen LogP contribution in [0, 0.1) is 0 Å². The highest BCUT2D eigenvalue weighted by Crippen LogP contribution is 2.10. The lowest BCUT2D eigenvalue weighted by molar-refractivity contribution is -0.120. The molecule has 0 aliphatic rings. The molecule has 1 aromatic rings. The molecule has 1 rings (SSSR count). The van der Waals surface area contributed by atoms with Gasteiger partial charge in [0.25, 0.3) is 0 Å². The first-order valence-corrected chi connectivity index (χ1v) is 5.23. The first-order valence-electron chi connectivity index (χ1n) is 4.85. The number of halogens is 1. The average molecular weight is 227 g/mol. The molecular formula is C11H15ClN2O. The van der Waals surface area contributed by atoms with E-state index in [1.165, 1.54) is 0 Å². The van der Waals surface area contributed by atoms with Gasteiger partial charge in [-0.25, -0.2) is 0 Å². The molecule has 3 nitrogen and oxygen atoms in total. The van der Waals surface area contributed by atoms with Gasteiger partial charge in [-0.2, -0.15) is 0 Å². The maximum Gasteiger partial charge on any atom is 0.224 e. The van der Waals surface area contributed by atoms with E-state index in [9.17, 15) is 4.79 Å². The van der Waals surface area contributed by atoms with Gasteiger partial charge < -0.3 is 11.1 Å². The van der Waals surface area contributed by atoms with Crippen molar-refractivity contribution >= 4 is 17.5 Å². The van der Waals surface area contributed by atoms with Crippen molar-refractivity contribution < 1.29 is 4.79 Å². The molecule has 0 aromatic heterocycles. The van der Waals surface area contributed by atoms with Crippen molar-refractivity contribution in [1.29, 1.82) is 0 Å². The molecule has 0 unspecified atom stereocenters. The number of benzene rings is 1. The van der Waals surface area contributed by atoms with Crippen LogP contribution in [-0.2, 0) is 11.2 Å². The Morgan fingerprint density at radius 2 is 2.33 bits per heavy atom. The molecule has 0 fully saturated rings. The summed E-state index contributed by atoms with van der Waals surface area (Å²) in [5, 5.41) is 3.44. The number of carbonyl (C=O) groups excluding carboxylic acids is 1. The van der Waals surface area contributed by atoms with Gasteiger partial charge in [0.05, 0.1) is 6.42 Å². The number of amides is 1. The molecular weight excluding hydrogens is 212 g/mol. The molecule has 3 N–H and O–H groups in total. The molecule has 0 spiro atoms. The van der Waals surface area contributed by atoms with Crippen molar-refractivity contribution in [3.63, 3.8) is 0 Å². The Balaban J connectivity index is 2.51. The minimum Gasteiger partial charge on any atom is -0.352 e. The topological polar surface area (TPSA) is 55.1 Å². The number of carbonyl (C=O) groups is 1. The lowest BCUT2D eigenvalue weighted by Gasteiger charge is -2.11. The van der Waals surface area contributed by atoms with Crippen LogP contribution in [0.5, 0.6) is 0 Å². The summed E-state index contributed by atoms with van der Waals surface area (Å²) in [5.74, 6) is -0.0322. The molecule has 15 heavy (non-hydrogen) atoms. The van der Waals surface area contributed by atoms with E-state index in [1.54, 1.807) is 12.1 Å². The van der Waals surface area contributed by atoms with Gasteiger partial charge in [-0.05, 0) is 24.6 Å². The molecule has 4 heteroatoms. The Morgan fingerprint density at radius 3 is 2.93 bits per heavy atom. The second-order valence-corrected chi connectivity index (χ2v) is 3.95. The summed E-state index contributed by atoms with van der Waals surface area (Å²) in [5.41, 5.74) is 6.31. The van der Waals surface area contributed by atoms with E-state index in [-0.39, 0.29) is 11.9 Å². The third-order valence-corrected chi connectivity index (χ3v) is 2.25.